The number of aromatic nitrogens is 3. The average Bonchev–Trinajstić information content (AvgIpc) is 2.62. The number of halogens is 2. The SMILES string of the molecule is Nc1cncc(-c2nc(N3CCOCC3)nc3c(Cl)cc(F)cc23)c1. The van der Waals surface area contributed by atoms with E-state index in [4.69, 9.17) is 22.1 Å². The Morgan fingerprint density at radius 1 is 1.12 bits per heavy atom. The molecular weight excluding hydrogens is 345 g/mol. The van der Waals surface area contributed by atoms with Crippen LogP contribution in [0, 0.1) is 5.82 Å². The number of morpholine rings is 1. The monoisotopic (exact) mass is 359 g/mol. The number of hydrogen-bond donors (Lipinski definition) is 1. The number of anilines is 2. The number of hydrogen-bond acceptors (Lipinski definition) is 6. The summed E-state index contributed by atoms with van der Waals surface area (Å²) >= 11 is 6.25. The maximum absolute atomic E-state index is 13.9. The number of nitrogens with zero attached hydrogens (tertiary/aromatic N) is 4. The van der Waals surface area contributed by atoms with Gasteiger partial charge in [-0.15, -0.1) is 0 Å². The zero-order valence-electron chi connectivity index (χ0n) is 13.2. The molecule has 1 fully saturated rings. The van der Waals surface area contributed by atoms with Gasteiger partial charge in [0.05, 0.1) is 35.1 Å². The molecule has 1 aliphatic heterocycles. The molecule has 4 rings (SSSR count). The lowest BCUT2D eigenvalue weighted by Crippen LogP contribution is -2.37. The Kier molecular flexibility index (Phi) is 4.10. The predicted molar refractivity (Wildman–Crippen MR) is 95.2 cm³/mol. The molecule has 0 spiro atoms. The molecule has 1 saturated heterocycles. The second kappa shape index (κ2) is 6.42. The first kappa shape index (κ1) is 16.0. The van der Waals surface area contributed by atoms with Gasteiger partial charge in [0.15, 0.2) is 0 Å². The Balaban J connectivity index is 1.97. The van der Waals surface area contributed by atoms with E-state index in [1.54, 1.807) is 18.5 Å². The number of nitrogens with two attached hydrogens (primary N) is 1. The minimum Gasteiger partial charge on any atom is -0.397 e. The lowest BCUT2D eigenvalue weighted by atomic mass is 10.1. The Morgan fingerprint density at radius 2 is 1.92 bits per heavy atom. The van der Waals surface area contributed by atoms with Gasteiger partial charge in [0.2, 0.25) is 5.95 Å². The molecule has 2 N–H and O–H groups in total. The van der Waals surface area contributed by atoms with Gasteiger partial charge in [0.1, 0.15) is 5.82 Å². The third kappa shape index (κ3) is 3.08. The molecule has 0 bridgehead atoms. The van der Waals surface area contributed by atoms with Crippen molar-refractivity contribution >= 4 is 34.1 Å². The molecule has 0 saturated carbocycles. The molecule has 8 heteroatoms. The van der Waals surface area contributed by atoms with Crippen LogP contribution in [0.15, 0.2) is 30.6 Å². The van der Waals surface area contributed by atoms with E-state index in [0.717, 1.165) is 0 Å². The van der Waals surface area contributed by atoms with Crippen molar-refractivity contribution in [3.05, 3.63) is 41.4 Å². The van der Waals surface area contributed by atoms with Crippen molar-refractivity contribution in [2.24, 2.45) is 0 Å². The molecule has 0 aliphatic carbocycles. The van der Waals surface area contributed by atoms with Gasteiger partial charge < -0.3 is 15.4 Å². The fraction of sp³-hybridized carbons (Fsp3) is 0.235. The fourth-order valence-electron chi connectivity index (χ4n) is 2.86. The summed E-state index contributed by atoms with van der Waals surface area (Å²) in [5.74, 6) is 0.0834. The molecule has 25 heavy (non-hydrogen) atoms. The standard InChI is InChI=1S/C17H15ClFN5O/c18-14-7-11(19)6-13-15(10-5-12(20)9-21-8-10)22-17(23-16(13)14)24-1-3-25-4-2-24/h5-9H,1-4,20H2. The Hall–Kier alpha value is -2.51. The van der Waals surface area contributed by atoms with Gasteiger partial charge in [-0.2, -0.15) is 0 Å². The van der Waals surface area contributed by atoms with Crippen LogP contribution < -0.4 is 10.6 Å². The van der Waals surface area contributed by atoms with E-state index < -0.39 is 5.82 Å². The fourth-order valence-corrected chi connectivity index (χ4v) is 3.11. The molecule has 0 unspecified atom stereocenters. The third-order valence-corrected chi connectivity index (χ3v) is 4.32. The minimum atomic E-state index is -0.446. The highest BCUT2D eigenvalue weighted by atomic mass is 35.5. The van der Waals surface area contributed by atoms with Crippen LogP contribution in [0.3, 0.4) is 0 Å². The van der Waals surface area contributed by atoms with E-state index in [0.29, 0.717) is 60.1 Å². The van der Waals surface area contributed by atoms with Crippen LogP contribution in [0.1, 0.15) is 0 Å². The molecule has 0 atom stereocenters. The molecule has 128 valence electrons. The Morgan fingerprint density at radius 3 is 2.68 bits per heavy atom. The van der Waals surface area contributed by atoms with Crippen molar-refractivity contribution in [2.45, 2.75) is 0 Å². The van der Waals surface area contributed by atoms with Crippen molar-refractivity contribution in [3.8, 4) is 11.3 Å². The maximum Gasteiger partial charge on any atom is 0.226 e. The second-order valence-electron chi connectivity index (χ2n) is 5.76. The second-order valence-corrected chi connectivity index (χ2v) is 6.17. The zero-order chi connectivity index (χ0) is 17.4. The highest BCUT2D eigenvalue weighted by Crippen LogP contribution is 2.33. The summed E-state index contributed by atoms with van der Waals surface area (Å²) in [7, 11) is 0. The molecule has 3 heterocycles. The highest BCUT2D eigenvalue weighted by Gasteiger charge is 2.19. The summed E-state index contributed by atoms with van der Waals surface area (Å²) in [6.45, 7) is 2.57. The summed E-state index contributed by atoms with van der Waals surface area (Å²) in [5.41, 5.74) is 8.08. The zero-order valence-corrected chi connectivity index (χ0v) is 14.0. The van der Waals surface area contributed by atoms with E-state index in [-0.39, 0.29) is 5.02 Å². The van der Waals surface area contributed by atoms with Crippen LogP contribution in [-0.2, 0) is 4.74 Å². The largest absolute Gasteiger partial charge is 0.397 e. The summed E-state index contributed by atoms with van der Waals surface area (Å²) in [5, 5.41) is 0.763. The number of nitrogen functional groups attached to an aromatic ring is 1. The van der Waals surface area contributed by atoms with E-state index in [1.165, 1.54) is 12.1 Å². The van der Waals surface area contributed by atoms with Crippen molar-refractivity contribution in [1.29, 1.82) is 0 Å². The van der Waals surface area contributed by atoms with Crippen molar-refractivity contribution in [3.63, 3.8) is 0 Å². The lowest BCUT2D eigenvalue weighted by Gasteiger charge is -2.27. The predicted octanol–water partition coefficient (Wildman–Crippen LogP) is 2.90. The molecule has 3 aromatic rings. The number of benzene rings is 1. The van der Waals surface area contributed by atoms with Gasteiger partial charge in [-0.25, -0.2) is 14.4 Å². The van der Waals surface area contributed by atoms with Gasteiger partial charge in [0, 0.05) is 36.4 Å². The van der Waals surface area contributed by atoms with Gasteiger partial charge in [-0.1, -0.05) is 11.6 Å². The number of fused-ring (bicyclic) bond motifs is 1. The topological polar surface area (TPSA) is 77.2 Å². The van der Waals surface area contributed by atoms with Crippen molar-refractivity contribution < 1.29 is 9.13 Å². The Labute approximate surface area is 148 Å². The number of pyridine rings is 1. The van der Waals surface area contributed by atoms with Crippen LogP contribution in [0.25, 0.3) is 22.2 Å². The third-order valence-electron chi connectivity index (χ3n) is 4.03. The van der Waals surface area contributed by atoms with Crippen LogP contribution in [-0.4, -0.2) is 41.3 Å². The minimum absolute atomic E-state index is 0.241. The molecule has 6 nitrogen and oxygen atoms in total. The summed E-state index contributed by atoms with van der Waals surface area (Å²) in [4.78, 5) is 15.3. The van der Waals surface area contributed by atoms with E-state index in [1.807, 2.05) is 4.90 Å². The quantitative estimate of drug-likeness (QED) is 0.758. The molecule has 1 aromatic carbocycles. The first-order valence-electron chi connectivity index (χ1n) is 7.82. The van der Waals surface area contributed by atoms with E-state index in [2.05, 4.69) is 15.0 Å². The summed E-state index contributed by atoms with van der Waals surface area (Å²) in [6.07, 6.45) is 3.18. The van der Waals surface area contributed by atoms with Gasteiger partial charge in [0.25, 0.3) is 0 Å². The highest BCUT2D eigenvalue weighted by molar-refractivity contribution is 6.35. The smallest absolute Gasteiger partial charge is 0.226 e. The van der Waals surface area contributed by atoms with Crippen LogP contribution in [0.2, 0.25) is 5.02 Å². The molecule has 0 amide bonds. The van der Waals surface area contributed by atoms with Gasteiger partial charge in [-0.05, 0) is 18.2 Å². The van der Waals surface area contributed by atoms with E-state index in [9.17, 15) is 4.39 Å². The first-order chi connectivity index (χ1) is 12.1. The van der Waals surface area contributed by atoms with Crippen molar-refractivity contribution in [2.75, 3.05) is 36.9 Å². The van der Waals surface area contributed by atoms with E-state index >= 15 is 0 Å². The lowest BCUT2D eigenvalue weighted by molar-refractivity contribution is 0.122. The molecule has 0 radical (unpaired) electrons. The molecular formula is C17H15ClFN5O. The normalized spacial score (nSPS) is 14.9. The van der Waals surface area contributed by atoms with Crippen LogP contribution >= 0.6 is 11.6 Å². The van der Waals surface area contributed by atoms with Gasteiger partial charge in [-0.3, -0.25) is 4.98 Å². The molecule has 2 aromatic heterocycles. The number of ether oxygens (including phenoxy) is 1. The Bertz CT molecular complexity index is 946. The number of rotatable bonds is 2. The van der Waals surface area contributed by atoms with Crippen LogP contribution in [0.5, 0.6) is 0 Å². The van der Waals surface area contributed by atoms with Gasteiger partial charge >= 0.3 is 0 Å². The molecule has 1 aliphatic rings. The average molecular weight is 360 g/mol. The first-order valence-corrected chi connectivity index (χ1v) is 8.20. The van der Waals surface area contributed by atoms with Crippen molar-refractivity contribution in [1.82, 2.24) is 15.0 Å². The van der Waals surface area contributed by atoms with Crippen LogP contribution in [0.4, 0.5) is 16.0 Å². The summed E-state index contributed by atoms with van der Waals surface area (Å²) in [6, 6.07) is 4.38. The summed E-state index contributed by atoms with van der Waals surface area (Å²) < 4.78 is 19.3. The maximum atomic E-state index is 13.9.